The molecule has 6 heteroatoms. The van der Waals surface area contributed by atoms with Crippen molar-refractivity contribution in [3.05, 3.63) is 85.1 Å². The van der Waals surface area contributed by atoms with Crippen LogP contribution in [0.5, 0.6) is 0 Å². The zero-order valence-electron chi connectivity index (χ0n) is 39.7. The molecule has 0 aliphatic rings. The highest BCUT2D eigenvalue weighted by Crippen LogP contribution is 2.14. The van der Waals surface area contributed by atoms with E-state index in [1.54, 1.807) is 0 Å². The Kier molecular flexibility index (Phi) is 46.5. The normalized spacial score (nSPS) is 12.8. The molecule has 6 nitrogen and oxygen atoms in total. The fourth-order valence-electron chi connectivity index (χ4n) is 6.64. The summed E-state index contributed by atoms with van der Waals surface area (Å²) in [6.07, 6.45) is 62.9. The van der Waals surface area contributed by atoms with Crippen molar-refractivity contribution < 1.29 is 28.6 Å². The van der Waals surface area contributed by atoms with Crippen LogP contribution in [0.15, 0.2) is 85.1 Å². The molecule has 1 atom stereocenters. The van der Waals surface area contributed by atoms with Gasteiger partial charge in [-0.05, 0) is 83.5 Å². The van der Waals surface area contributed by atoms with Crippen molar-refractivity contribution in [3.63, 3.8) is 0 Å². The topological polar surface area (TPSA) is 78.9 Å². The smallest absolute Gasteiger partial charge is 0.306 e. The van der Waals surface area contributed by atoms with Gasteiger partial charge < -0.3 is 14.2 Å². The average Bonchev–Trinajstić information content (AvgIpc) is 3.26. The molecule has 0 radical (unpaired) electrons. The SMILES string of the molecule is CC/C=C\C/C=C\C/C=C\C/C=C\CCC(=O)OC(COC(=O)CCCCCCCC/C=C\C/C=C\C/C=C\CCCCC)COC(=O)CCCCCCCCCCCCC. The van der Waals surface area contributed by atoms with Crippen LogP contribution < -0.4 is 0 Å². The summed E-state index contributed by atoms with van der Waals surface area (Å²) in [6.45, 7) is 6.40. The van der Waals surface area contributed by atoms with Crippen LogP contribution in [0.2, 0.25) is 0 Å². The van der Waals surface area contributed by atoms with Gasteiger partial charge in [-0.1, -0.05) is 209 Å². The molecule has 0 saturated carbocycles. The third-order valence-corrected chi connectivity index (χ3v) is 10.4. The van der Waals surface area contributed by atoms with E-state index in [9.17, 15) is 14.4 Å². The van der Waals surface area contributed by atoms with E-state index in [1.165, 1.54) is 89.9 Å². The molecule has 0 N–H and O–H groups in total. The zero-order valence-corrected chi connectivity index (χ0v) is 39.7. The van der Waals surface area contributed by atoms with E-state index in [2.05, 4.69) is 93.7 Å². The number of unbranched alkanes of at least 4 members (excludes halogenated alkanes) is 19. The maximum atomic E-state index is 12.7. The number of allylic oxidation sites excluding steroid dienone is 14. The standard InChI is InChI=1S/C55H92O6/c1-4-7-10-13-16-19-22-24-25-26-27-28-29-31-33-36-39-42-45-48-54(57)60-51-52(50-59-53(56)47-44-41-38-35-32-21-18-15-12-9-6-3)61-55(58)49-46-43-40-37-34-30-23-20-17-14-11-8-5-2/h8,11,16-17,19-20,24-25,27-28,30,34,40,43,52H,4-7,9-10,12-15,18,21-23,26,29,31-33,35-39,41-42,44-51H2,1-3H3/b11-8-,19-16-,20-17-,25-24-,28-27-,34-30-,43-40-. The average molecular weight is 849 g/mol. The monoisotopic (exact) mass is 849 g/mol. The third kappa shape index (κ3) is 47.5. The predicted molar refractivity (Wildman–Crippen MR) is 261 cm³/mol. The van der Waals surface area contributed by atoms with Crippen LogP contribution in [0.3, 0.4) is 0 Å². The van der Waals surface area contributed by atoms with E-state index in [0.717, 1.165) is 89.9 Å². The number of hydrogen-bond acceptors (Lipinski definition) is 6. The highest BCUT2D eigenvalue weighted by Gasteiger charge is 2.19. The summed E-state index contributed by atoms with van der Waals surface area (Å²) in [4.78, 5) is 37.8. The summed E-state index contributed by atoms with van der Waals surface area (Å²) in [5, 5.41) is 0. The number of carbonyl (C=O) groups is 3. The van der Waals surface area contributed by atoms with Crippen LogP contribution in [0.1, 0.15) is 226 Å². The van der Waals surface area contributed by atoms with Crippen molar-refractivity contribution in [2.45, 2.75) is 232 Å². The number of esters is 3. The highest BCUT2D eigenvalue weighted by molar-refractivity contribution is 5.71. The molecular weight excluding hydrogens is 757 g/mol. The molecule has 0 aliphatic heterocycles. The molecule has 0 saturated heterocycles. The molecule has 1 unspecified atom stereocenters. The van der Waals surface area contributed by atoms with Crippen LogP contribution in [0.25, 0.3) is 0 Å². The molecule has 0 amide bonds. The van der Waals surface area contributed by atoms with E-state index in [1.807, 2.05) is 12.2 Å². The second-order valence-corrected chi connectivity index (χ2v) is 16.3. The Balaban J connectivity index is 4.45. The Morgan fingerprint density at radius 1 is 0.344 bits per heavy atom. The molecule has 0 rings (SSSR count). The van der Waals surface area contributed by atoms with Crippen LogP contribution in [-0.2, 0) is 28.6 Å². The molecule has 0 aliphatic carbocycles. The summed E-state index contributed by atoms with van der Waals surface area (Å²) in [7, 11) is 0. The molecule has 348 valence electrons. The van der Waals surface area contributed by atoms with Crippen molar-refractivity contribution in [3.8, 4) is 0 Å². The van der Waals surface area contributed by atoms with Gasteiger partial charge >= 0.3 is 17.9 Å². The van der Waals surface area contributed by atoms with Crippen LogP contribution in [0.4, 0.5) is 0 Å². The van der Waals surface area contributed by atoms with Gasteiger partial charge in [0, 0.05) is 19.3 Å². The van der Waals surface area contributed by atoms with Gasteiger partial charge in [-0.25, -0.2) is 0 Å². The molecule has 0 aromatic heterocycles. The van der Waals surface area contributed by atoms with Gasteiger partial charge in [-0.2, -0.15) is 0 Å². The van der Waals surface area contributed by atoms with Crippen molar-refractivity contribution in [2.24, 2.45) is 0 Å². The van der Waals surface area contributed by atoms with E-state index in [-0.39, 0.29) is 31.6 Å². The first-order chi connectivity index (χ1) is 30.0. The van der Waals surface area contributed by atoms with Gasteiger partial charge in [-0.15, -0.1) is 0 Å². The van der Waals surface area contributed by atoms with Crippen molar-refractivity contribution >= 4 is 17.9 Å². The Morgan fingerprint density at radius 3 is 1.10 bits per heavy atom. The largest absolute Gasteiger partial charge is 0.462 e. The van der Waals surface area contributed by atoms with E-state index in [0.29, 0.717) is 19.3 Å². The van der Waals surface area contributed by atoms with Crippen LogP contribution in [-0.4, -0.2) is 37.2 Å². The van der Waals surface area contributed by atoms with Crippen LogP contribution in [0, 0.1) is 0 Å². The Hall–Kier alpha value is -3.41. The van der Waals surface area contributed by atoms with Gasteiger partial charge in [0.2, 0.25) is 0 Å². The second kappa shape index (κ2) is 49.2. The Bertz CT molecular complexity index is 1200. The highest BCUT2D eigenvalue weighted by atomic mass is 16.6. The minimum absolute atomic E-state index is 0.109. The van der Waals surface area contributed by atoms with E-state index >= 15 is 0 Å². The Morgan fingerprint density at radius 2 is 0.672 bits per heavy atom. The predicted octanol–water partition coefficient (Wildman–Crippen LogP) is 16.4. The lowest BCUT2D eigenvalue weighted by Gasteiger charge is -2.18. The van der Waals surface area contributed by atoms with Gasteiger partial charge in [0.15, 0.2) is 6.10 Å². The Labute approximate surface area is 375 Å². The van der Waals surface area contributed by atoms with Crippen LogP contribution >= 0.6 is 0 Å². The lowest BCUT2D eigenvalue weighted by molar-refractivity contribution is -0.166. The molecule has 0 heterocycles. The minimum atomic E-state index is -0.817. The fourth-order valence-corrected chi connectivity index (χ4v) is 6.64. The summed E-state index contributed by atoms with van der Waals surface area (Å²) in [5.74, 6) is -1.01. The molecule has 0 spiro atoms. The lowest BCUT2D eigenvalue weighted by atomic mass is 10.1. The molecule has 0 aromatic carbocycles. The minimum Gasteiger partial charge on any atom is -0.462 e. The van der Waals surface area contributed by atoms with E-state index < -0.39 is 12.1 Å². The summed E-state index contributed by atoms with van der Waals surface area (Å²) < 4.78 is 16.7. The summed E-state index contributed by atoms with van der Waals surface area (Å²) >= 11 is 0. The molecule has 0 bridgehead atoms. The number of hydrogen-bond donors (Lipinski definition) is 0. The third-order valence-electron chi connectivity index (χ3n) is 10.4. The second-order valence-electron chi connectivity index (χ2n) is 16.3. The molecular formula is C55H92O6. The first-order valence-electron chi connectivity index (χ1n) is 25.1. The van der Waals surface area contributed by atoms with E-state index in [4.69, 9.17) is 14.2 Å². The first-order valence-corrected chi connectivity index (χ1v) is 25.1. The quantitative estimate of drug-likeness (QED) is 0.0263. The van der Waals surface area contributed by atoms with Crippen molar-refractivity contribution in [2.75, 3.05) is 13.2 Å². The molecule has 0 aromatic rings. The zero-order chi connectivity index (χ0) is 44.4. The molecule has 0 fully saturated rings. The summed E-state index contributed by atoms with van der Waals surface area (Å²) in [6, 6.07) is 0. The lowest BCUT2D eigenvalue weighted by Crippen LogP contribution is -2.30. The summed E-state index contributed by atoms with van der Waals surface area (Å²) in [5.41, 5.74) is 0. The first kappa shape index (κ1) is 57.6. The van der Waals surface area contributed by atoms with Gasteiger partial charge in [0.1, 0.15) is 13.2 Å². The van der Waals surface area contributed by atoms with Gasteiger partial charge in [0.05, 0.1) is 0 Å². The van der Waals surface area contributed by atoms with Gasteiger partial charge in [0.25, 0.3) is 0 Å². The van der Waals surface area contributed by atoms with Gasteiger partial charge in [-0.3, -0.25) is 14.4 Å². The maximum Gasteiger partial charge on any atom is 0.306 e. The number of carbonyl (C=O) groups excluding carboxylic acids is 3. The van der Waals surface area contributed by atoms with Crippen molar-refractivity contribution in [1.29, 1.82) is 0 Å². The number of rotatable bonds is 44. The van der Waals surface area contributed by atoms with Crippen molar-refractivity contribution in [1.82, 2.24) is 0 Å². The maximum absolute atomic E-state index is 12.7. The molecule has 61 heavy (non-hydrogen) atoms. The number of ether oxygens (including phenoxy) is 3. The fraction of sp³-hybridized carbons (Fsp3) is 0.691.